The number of alkyl halides is 6. The molecule has 1 aliphatic heterocycles. The molecule has 2 aromatic carbocycles. The number of nitrogens with zero attached hydrogens (tertiary/aromatic N) is 2. The first-order chi connectivity index (χ1) is 18.6. The largest absolute Gasteiger partial charge is 0.389 e. The molecular formula is C26H25F7N4O3. The normalized spacial score (nSPS) is 17.4. The Morgan fingerprint density at radius 3 is 2.10 bits per heavy atom. The molecule has 2 unspecified atom stereocenters. The molecule has 0 aliphatic carbocycles. The first-order valence-electron chi connectivity index (χ1n) is 12.0. The zero-order chi connectivity index (χ0) is 29.8. The number of halogens is 7. The number of likely N-dealkylation sites (N-methyl/N-ethyl adjacent to an activating group) is 1. The predicted octanol–water partition coefficient (Wildman–Crippen LogP) is 4.48. The fraction of sp³-hybridized carbons (Fsp3) is 0.385. The van der Waals surface area contributed by atoms with E-state index in [1.54, 1.807) is 30.3 Å². The molecular weight excluding hydrogens is 549 g/mol. The molecule has 2 aromatic rings. The summed E-state index contributed by atoms with van der Waals surface area (Å²) in [5, 5.41) is 2.19. The van der Waals surface area contributed by atoms with E-state index in [9.17, 15) is 45.1 Å². The Bertz CT molecular complexity index is 1280. The van der Waals surface area contributed by atoms with Crippen molar-refractivity contribution in [1.29, 1.82) is 0 Å². The van der Waals surface area contributed by atoms with Gasteiger partial charge in [0.25, 0.3) is 5.91 Å². The highest BCUT2D eigenvalue weighted by atomic mass is 19.4. The van der Waals surface area contributed by atoms with Crippen molar-refractivity contribution in [2.75, 3.05) is 11.9 Å². The van der Waals surface area contributed by atoms with Gasteiger partial charge in [-0.2, -0.15) is 26.3 Å². The smallest absolute Gasteiger partial charge is 0.369 e. The van der Waals surface area contributed by atoms with E-state index in [0.29, 0.717) is 5.56 Å². The predicted molar refractivity (Wildman–Crippen MR) is 131 cm³/mol. The number of aliphatic imine (C=N–C) groups is 1. The van der Waals surface area contributed by atoms with Gasteiger partial charge in [-0.15, -0.1) is 0 Å². The average Bonchev–Trinajstić information content (AvgIpc) is 2.95. The number of amides is 3. The van der Waals surface area contributed by atoms with Gasteiger partial charge in [-0.25, -0.2) is 9.38 Å². The molecule has 0 bridgehead atoms. The van der Waals surface area contributed by atoms with Crippen molar-refractivity contribution in [2.45, 2.75) is 44.2 Å². The lowest BCUT2D eigenvalue weighted by Gasteiger charge is -2.27. The third-order valence-electron chi connectivity index (χ3n) is 6.39. The van der Waals surface area contributed by atoms with Crippen molar-refractivity contribution in [3.05, 3.63) is 65.5 Å². The number of rotatable bonds is 9. The molecule has 0 saturated carbocycles. The van der Waals surface area contributed by atoms with Crippen LogP contribution in [0.1, 0.15) is 36.8 Å². The van der Waals surface area contributed by atoms with Crippen LogP contribution in [-0.2, 0) is 14.4 Å². The highest BCUT2D eigenvalue weighted by Gasteiger charge is 2.41. The first kappa shape index (κ1) is 30.6. The molecule has 40 heavy (non-hydrogen) atoms. The number of carbonyl (C=O) groups is 3. The van der Waals surface area contributed by atoms with Gasteiger partial charge in [0, 0.05) is 42.9 Å². The monoisotopic (exact) mass is 574 g/mol. The molecule has 3 N–H and O–H groups in total. The zero-order valence-electron chi connectivity index (χ0n) is 21.0. The minimum Gasteiger partial charge on any atom is -0.369 e. The number of benzodiazepines with no additional fused rings is 1. The summed E-state index contributed by atoms with van der Waals surface area (Å²) < 4.78 is 91.9. The highest BCUT2D eigenvalue weighted by molar-refractivity contribution is 6.20. The Balaban J connectivity index is 2.03. The lowest BCUT2D eigenvalue weighted by Crippen LogP contribution is -2.50. The molecule has 1 heterocycles. The van der Waals surface area contributed by atoms with Gasteiger partial charge in [0.05, 0.1) is 11.4 Å². The van der Waals surface area contributed by atoms with E-state index in [1.165, 1.54) is 13.1 Å². The molecule has 0 radical (unpaired) electrons. The van der Waals surface area contributed by atoms with Gasteiger partial charge in [0.15, 0.2) is 0 Å². The van der Waals surface area contributed by atoms with Crippen LogP contribution in [0.25, 0.3) is 0 Å². The lowest BCUT2D eigenvalue weighted by atomic mass is 9.83. The van der Waals surface area contributed by atoms with Crippen LogP contribution < -0.4 is 16.0 Å². The number of carbonyl (C=O) groups excluding carboxylic acids is 3. The van der Waals surface area contributed by atoms with E-state index < -0.39 is 79.6 Å². The van der Waals surface area contributed by atoms with Crippen LogP contribution in [0.15, 0.2) is 53.5 Å². The van der Waals surface area contributed by atoms with E-state index in [4.69, 9.17) is 5.73 Å². The molecule has 7 nitrogen and oxygen atoms in total. The van der Waals surface area contributed by atoms with E-state index in [2.05, 4.69) is 10.3 Å². The van der Waals surface area contributed by atoms with Crippen LogP contribution in [0.2, 0.25) is 0 Å². The minimum atomic E-state index is -4.80. The van der Waals surface area contributed by atoms with Gasteiger partial charge < -0.3 is 16.0 Å². The quantitative estimate of drug-likeness (QED) is 0.432. The van der Waals surface area contributed by atoms with Crippen LogP contribution in [0.4, 0.5) is 36.4 Å². The van der Waals surface area contributed by atoms with Gasteiger partial charge in [-0.05, 0) is 31.0 Å². The number of hydrogen-bond donors (Lipinski definition) is 2. The van der Waals surface area contributed by atoms with Gasteiger partial charge in [-0.1, -0.05) is 30.3 Å². The Kier molecular flexibility index (Phi) is 9.21. The summed E-state index contributed by atoms with van der Waals surface area (Å²) in [6.07, 6.45) is -16.6. The van der Waals surface area contributed by atoms with Crippen LogP contribution in [-0.4, -0.2) is 49.0 Å². The summed E-state index contributed by atoms with van der Waals surface area (Å²) in [5.74, 6) is -8.09. The lowest BCUT2D eigenvalue weighted by molar-refractivity contribution is -0.152. The minimum absolute atomic E-state index is 0.0634. The first-order valence-corrected chi connectivity index (χ1v) is 12.0. The van der Waals surface area contributed by atoms with Crippen LogP contribution in [0, 0.1) is 17.7 Å². The van der Waals surface area contributed by atoms with Crippen molar-refractivity contribution in [3.63, 3.8) is 0 Å². The molecule has 1 aliphatic rings. The topological polar surface area (TPSA) is 105 Å². The van der Waals surface area contributed by atoms with Crippen molar-refractivity contribution < 1.29 is 45.1 Å². The maximum atomic E-state index is 14.2. The third kappa shape index (κ3) is 7.79. The van der Waals surface area contributed by atoms with Crippen LogP contribution in [0.3, 0.4) is 0 Å². The fourth-order valence-electron chi connectivity index (χ4n) is 4.40. The SMILES string of the molecule is CN1C(=O)[C@@H](NC(=O)C(CCC(F)(F)F)C(CCC(F)(F)F)C(N)=O)N=C(c2ccccc2)c2cc(F)ccc21. The number of nitrogens with two attached hydrogens (primary N) is 1. The number of benzene rings is 2. The highest BCUT2D eigenvalue weighted by Crippen LogP contribution is 2.33. The van der Waals surface area contributed by atoms with E-state index in [-0.39, 0.29) is 17.0 Å². The Morgan fingerprint density at radius 1 is 0.975 bits per heavy atom. The molecule has 0 fully saturated rings. The number of hydrogen-bond acceptors (Lipinski definition) is 4. The zero-order valence-corrected chi connectivity index (χ0v) is 21.0. The summed E-state index contributed by atoms with van der Waals surface area (Å²) in [7, 11) is 1.30. The maximum Gasteiger partial charge on any atom is 0.389 e. The third-order valence-corrected chi connectivity index (χ3v) is 6.39. The molecule has 3 rings (SSSR count). The summed E-state index contributed by atoms with van der Waals surface area (Å²) in [6, 6.07) is 11.6. The van der Waals surface area contributed by atoms with Gasteiger partial charge in [0.1, 0.15) is 5.82 Å². The van der Waals surface area contributed by atoms with Gasteiger partial charge >= 0.3 is 12.4 Å². The van der Waals surface area contributed by atoms with Gasteiger partial charge in [0.2, 0.25) is 18.0 Å². The van der Waals surface area contributed by atoms with E-state index in [0.717, 1.165) is 17.0 Å². The molecule has 0 spiro atoms. The summed E-state index contributed by atoms with van der Waals surface area (Å²) in [6.45, 7) is 0. The second kappa shape index (κ2) is 12.0. The molecule has 14 heteroatoms. The van der Waals surface area contributed by atoms with Crippen LogP contribution in [0.5, 0.6) is 0 Å². The van der Waals surface area contributed by atoms with Crippen molar-refractivity contribution in [1.82, 2.24) is 5.32 Å². The second-order valence-corrected chi connectivity index (χ2v) is 9.24. The number of anilines is 1. The average molecular weight is 574 g/mol. The van der Waals surface area contributed by atoms with Crippen molar-refractivity contribution >= 4 is 29.1 Å². The van der Waals surface area contributed by atoms with Crippen LogP contribution >= 0.6 is 0 Å². The van der Waals surface area contributed by atoms with Gasteiger partial charge in [-0.3, -0.25) is 14.4 Å². The maximum absolute atomic E-state index is 14.2. The standard InChI is InChI=1S/C26H25F7N4O3/c1-37-19-8-7-15(27)13-18(19)20(14-5-3-2-4-6-14)35-22(24(37)40)36-23(39)17(10-12-26(31,32)33)16(21(34)38)9-11-25(28,29)30/h2-8,13,16-17,22H,9-12H2,1H3,(H2,34,38)(H,36,39)/t16?,17?,22-/m1/s1. The van der Waals surface area contributed by atoms with E-state index in [1.807, 2.05) is 0 Å². The molecule has 0 aromatic heterocycles. The molecule has 3 amide bonds. The Labute approximate surface area is 224 Å². The Morgan fingerprint density at radius 2 is 1.55 bits per heavy atom. The molecule has 216 valence electrons. The number of primary amides is 1. The fourth-order valence-corrected chi connectivity index (χ4v) is 4.40. The summed E-state index contributed by atoms with van der Waals surface area (Å²) in [5.41, 5.74) is 6.07. The molecule has 3 atom stereocenters. The Hall–Kier alpha value is -3.97. The second-order valence-electron chi connectivity index (χ2n) is 9.24. The van der Waals surface area contributed by atoms with Crippen molar-refractivity contribution in [3.8, 4) is 0 Å². The number of nitrogens with one attached hydrogen (secondary N) is 1. The van der Waals surface area contributed by atoms with E-state index >= 15 is 0 Å². The summed E-state index contributed by atoms with van der Waals surface area (Å²) >= 11 is 0. The summed E-state index contributed by atoms with van der Waals surface area (Å²) in [4.78, 5) is 43.9. The van der Waals surface area contributed by atoms with Crippen molar-refractivity contribution in [2.24, 2.45) is 22.6 Å². The molecule has 0 saturated heterocycles. The number of fused-ring (bicyclic) bond motifs is 1.